The molecule has 3 heterocycles. The van der Waals surface area contributed by atoms with Crippen LogP contribution in [0.25, 0.3) is 9.88 Å². The number of thiazole rings is 1. The molecule has 2 aromatic heterocycles. The highest BCUT2D eigenvalue weighted by molar-refractivity contribution is 7.20. The van der Waals surface area contributed by atoms with Gasteiger partial charge in [-0.15, -0.1) is 22.7 Å². The molecule has 1 aliphatic rings. The van der Waals surface area contributed by atoms with Gasteiger partial charge in [-0.1, -0.05) is 12.1 Å². The minimum Gasteiger partial charge on any atom is -0.306 e. The minimum atomic E-state index is -0.445. The fourth-order valence-electron chi connectivity index (χ4n) is 2.72. The fraction of sp³-hybridized carbons (Fsp3) is 0.125. The minimum absolute atomic E-state index is 0.00833. The van der Waals surface area contributed by atoms with Crippen LogP contribution < -0.4 is 4.90 Å². The number of amides is 1. The predicted molar refractivity (Wildman–Crippen MR) is 93.9 cm³/mol. The highest BCUT2D eigenvalue weighted by Crippen LogP contribution is 2.34. The lowest BCUT2D eigenvalue weighted by Gasteiger charge is -2.15. The lowest BCUT2D eigenvalue weighted by Crippen LogP contribution is -2.29. The fourth-order valence-corrected chi connectivity index (χ4v) is 4.32. The topological polar surface area (TPSA) is 76.3 Å². The Bertz CT molecular complexity index is 934. The van der Waals surface area contributed by atoms with Crippen molar-refractivity contribution in [1.82, 2.24) is 4.98 Å². The van der Waals surface area contributed by atoms with Crippen molar-refractivity contribution in [2.75, 3.05) is 11.4 Å². The molecular formula is C16H11N3O3S2. The molecule has 0 saturated heterocycles. The summed E-state index contributed by atoms with van der Waals surface area (Å²) in [5, 5.41) is 15.5. The second kappa shape index (κ2) is 5.81. The summed E-state index contributed by atoms with van der Waals surface area (Å²) < 4.78 is 0. The highest BCUT2D eigenvalue weighted by atomic mass is 32.1. The van der Waals surface area contributed by atoms with Crippen molar-refractivity contribution in [1.29, 1.82) is 0 Å². The Balaban J connectivity index is 1.65. The van der Waals surface area contributed by atoms with Gasteiger partial charge in [-0.25, -0.2) is 4.98 Å². The standard InChI is InChI=1S/C16H11N3O3S2/c20-16(12-9-24-15(17-12)14-2-1-7-23-14)18-6-5-10-3-4-11(19(21)22)8-13(10)18/h1-4,7-9H,5-6H2. The molecule has 1 amide bonds. The predicted octanol–water partition coefficient (Wildman–Crippen LogP) is 3.98. The smallest absolute Gasteiger partial charge is 0.277 e. The van der Waals surface area contributed by atoms with E-state index in [1.807, 2.05) is 17.5 Å². The first-order valence-corrected chi connectivity index (χ1v) is 8.98. The van der Waals surface area contributed by atoms with Crippen molar-refractivity contribution < 1.29 is 9.72 Å². The molecular weight excluding hydrogens is 346 g/mol. The van der Waals surface area contributed by atoms with Gasteiger partial charge in [-0.2, -0.15) is 0 Å². The van der Waals surface area contributed by atoms with Crippen LogP contribution in [-0.4, -0.2) is 22.4 Å². The molecule has 0 N–H and O–H groups in total. The molecule has 1 aromatic carbocycles. The molecule has 0 radical (unpaired) electrons. The van der Waals surface area contributed by atoms with Gasteiger partial charge in [0.05, 0.1) is 15.5 Å². The molecule has 0 atom stereocenters. The van der Waals surface area contributed by atoms with Crippen molar-refractivity contribution >= 4 is 40.0 Å². The van der Waals surface area contributed by atoms with Gasteiger partial charge in [0, 0.05) is 24.1 Å². The van der Waals surface area contributed by atoms with Gasteiger partial charge >= 0.3 is 0 Å². The molecule has 1 aliphatic heterocycles. The summed E-state index contributed by atoms with van der Waals surface area (Å²) in [6.45, 7) is 0.515. The Morgan fingerprint density at radius 2 is 2.17 bits per heavy atom. The normalized spacial score (nSPS) is 13.1. The summed E-state index contributed by atoms with van der Waals surface area (Å²) in [4.78, 5) is 30.3. The highest BCUT2D eigenvalue weighted by Gasteiger charge is 2.29. The lowest BCUT2D eigenvalue weighted by molar-refractivity contribution is -0.384. The van der Waals surface area contributed by atoms with Gasteiger partial charge in [0.2, 0.25) is 0 Å². The van der Waals surface area contributed by atoms with Crippen molar-refractivity contribution in [2.24, 2.45) is 0 Å². The zero-order valence-electron chi connectivity index (χ0n) is 12.3. The van der Waals surface area contributed by atoms with Crippen LogP contribution >= 0.6 is 22.7 Å². The van der Waals surface area contributed by atoms with Crippen LogP contribution in [0.4, 0.5) is 11.4 Å². The summed E-state index contributed by atoms with van der Waals surface area (Å²) in [6.07, 6.45) is 0.695. The second-order valence-electron chi connectivity index (χ2n) is 5.29. The molecule has 0 saturated carbocycles. The Hall–Kier alpha value is -2.58. The van der Waals surface area contributed by atoms with Crippen molar-refractivity contribution in [3.63, 3.8) is 0 Å². The van der Waals surface area contributed by atoms with Crippen LogP contribution in [0.2, 0.25) is 0 Å². The third-order valence-corrected chi connectivity index (χ3v) is 5.76. The number of hydrogen-bond donors (Lipinski definition) is 0. The van der Waals surface area contributed by atoms with Gasteiger partial charge in [0.25, 0.3) is 11.6 Å². The molecule has 0 spiro atoms. The largest absolute Gasteiger partial charge is 0.306 e. The summed E-state index contributed by atoms with van der Waals surface area (Å²) >= 11 is 3.00. The van der Waals surface area contributed by atoms with Gasteiger partial charge in [-0.3, -0.25) is 14.9 Å². The van der Waals surface area contributed by atoms with Gasteiger partial charge < -0.3 is 4.90 Å². The van der Waals surface area contributed by atoms with Crippen LogP contribution in [0.3, 0.4) is 0 Å². The average Bonchev–Trinajstić information content (AvgIpc) is 3.31. The first-order valence-electron chi connectivity index (χ1n) is 7.22. The number of non-ortho nitro benzene ring substituents is 1. The number of anilines is 1. The lowest BCUT2D eigenvalue weighted by atomic mass is 10.1. The maximum atomic E-state index is 12.8. The van der Waals surface area contributed by atoms with Crippen molar-refractivity contribution in [2.45, 2.75) is 6.42 Å². The van der Waals surface area contributed by atoms with Crippen LogP contribution in [-0.2, 0) is 6.42 Å². The van der Waals surface area contributed by atoms with Crippen LogP contribution in [0, 0.1) is 10.1 Å². The molecule has 0 bridgehead atoms. The van der Waals surface area contributed by atoms with Crippen LogP contribution in [0.1, 0.15) is 16.1 Å². The van der Waals surface area contributed by atoms with Crippen molar-refractivity contribution in [3.05, 3.63) is 62.5 Å². The number of benzene rings is 1. The Morgan fingerprint density at radius 3 is 2.92 bits per heavy atom. The number of carbonyl (C=O) groups is 1. The van der Waals surface area contributed by atoms with Gasteiger partial charge in [-0.05, 0) is 23.4 Å². The molecule has 0 aliphatic carbocycles. The first-order chi connectivity index (χ1) is 11.6. The third-order valence-electron chi connectivity index (χ3n) is 3.88. The van der Waals surface area contributed by atoms with E-state index in [9.17, 15) is 14.9 Å². The number of thiophene rings is 1. The van der Waals surface area contributed by atoms with Crippen LogP contribution in [0.5, 0.6) is 0 Å². The molecule has 0 fully saturated rings. The Labute approximate surface area is 145 Å². The number of carbonyl (C=O) groups excluding carboxylic acids is 1. The number of nitro groups is 1. The van der Waals surface area contributed by atoms with E-state index in [4.69, 9.17) is 0 Å². The Kier molecular flexibility index (Phi) is 3.62. The zero-order valence-corrected chi connectivity index (χ0v) is 14.0. The van der Waals surface area contributed by atoms with E-state index in [1.54, 1.807) is 27.7 Å². The van der Waals surface area contributed by atoms with Crippen LogP contribution in [0.15, 0.2) is 41.1 Å². The van der Waals surface area contributed by atoms with E-state index >= 15 is 0 Å². The maximum Gasteiger partial charge on any atom is 0.277 e. The molecule has 24 heavy (non-hydrogen) atoms. The van der Waals surface area contributed by atoms with E-state index in [1.165, 1.54) is 23.5 Å². The molecule has 120 valence electrons. The molecule has 3 aromatic rings. The van der Waals surface area contributed by atoms with E-state index in [0.717, 1.165) is 15.4 Å². The monoisotopic (exact) mass is 357 g/mol. The molecule has 0 unspecified atom stereocenters. The maximum absolute atomic E-state index is 12.8. The number of nitro benzene ring substituents is 1. The van der Waals surface area contributed by atoms with Gasteiger partial charge in [0.1, 0.15) is 10.7 Å². The zero-order chi connectivity index (χ0) is 16.7. The van der Waals surface area contributed by atoms with E-state index in [2.05, 4.69) is 4.98 Å². The number of fused-ring (bicyclic) bond motifs is 1. The Morgan fingerprint density at radius 1 is 1.29 bits per heavy atom. The number of aromatic nitrogens is 1. The number of hydrogen-bond acceptors (Lipinski definition) is 6. The first kappa shape index (κ1) is 15.0. The molecule has 8 heteroatoms. The number of nitrogens with zero attached hydrogens (tertiary/aromatic N) is 3. The average molecular weight is 357 g/mol. The van der Waals surface area contributed by atoms with E-state index in [-0.39, 0.29) is 11.6 Å². The second-order valence-corrected chi connectivity index (χ2v) is 7.10. The third kappa shape index (κ3) is 2.49. The van der Waals surface area contributed by atoms with Crippen molar-refractivity contribution in [3.8, 4) is 9.88 Å². The quantitative estimate of drug-likeness (QED) is 0.525. The summed E-state index contributed by atoms with van der Waals surface area (Å²) in [7, 11) is 0. The summed E-state index contributed by atoms with van der Waals surface area (Å²) in [6, 6.07) is 8.57. The summed E-state index contributed by atoms with van der Waals surface area (Å²) in [5.74, 6) is -0.215. The van der Waals surface area contributed by atoms with E-state index < -0.39 is 4.92 Å². The molecule has 6 nitrogen and oxygen atoms in total. The number of rotatable bonds is 3. The van der Waals surface area contributed by atoms with Gasteiger partial charge in [0.15, 0.2) is 0 Å². The summed E-state index contributed by atoms with van der Waals surface area (Å²) in [5.41, 5.74) is 1.93. The van der Waals surface area contributed by atoms with E-state index in [0.29, 0.717) is 24.3 Å². The molecule has 4 rings (SSSR count). The SMILES string of the molecule is O=C(c1csc(-c2cccs2)n1)N1CCc2ccc([N+](=O)[O-])cc21.